The van der Waals surface area contributed by atoms with Crippen LogP contribution in [0.4, 0.5) is 11.9 Å². The van der Waals surface area contributed by atoms with Crippen LogP contribution < -0.4 is 27.6 Å². The molecule has 6 aromatic heterocycles. The molecule has 400 valence electrons. The molecule has 0 aliphatic carbocycles. The van der Waals surface area contributed by atoms with E-state index in [4.69, 9.17) is 18.9 Å². The molecule has 0 radical (unpaired) electrons. The topological polar surface area (TPSA) is 250 Å². The highest BCUT2D eigenvalue weighted by Crippen LogP contribution is 2.41. The number of benzene rings is 2. The second kappa shape index (κ2) is 23.2. The Morgan fingerprint density at radius 1 is 0.461 bits per heavy atom. The van der Waals surface area contributed by atoms with Gasteiger partial charge in [0.1, 0.15) is 46.0 Å². The minimum Gasteiger partial charge on any atom is -0.494 e. The fourth-order valence-electron chi connectivity index (χ4n) is 8.14. The summed E-state index contributed by atoms with van der Waals surface area (Å²) in [6.45, 7) is 14.4. The summed E-state index contributed by atoms with van der Waals surface area (Å²) in [5.41, 5.74) is 5.82. The first-order valence-corrected chi connectivity index (χ1v) is 26.9. The van der Waals surface area contributed by atoms with Gasteiger partial charge in [0.2, 0.25) is 31.9 Å². The second-order valence-corrected chi connectivity index (χ2v) is 22.7. The van der Waals surface area contributed by atoms with E-state index >= 15 is 0 Å². The first-order valence-electron chi connectivity index (χ1n) is 23.9. The molecule has 0 unspecified atom stereocenters. The van der Waals surface area contributed by atoms with E-state index in [0.29, 0.717) is 68.8 Å². The highest BCUT2D eigenvalue weighted by Gasteiger charge is 2.38. The van der Waals surface area contributed by atoms with E-state index in [9.17, 15) is 16.8 Å². The fourth-order valence-corrected chi connectivity index (χ4v) is 11.1. The van der Waals surface area contributed by atoms with Crippen LogP contribution >= 0.6 is 0 Å². The van der Waals surface area contributed by atoms with Gasteiger partial charge in [-0.15, -0.1) is 20.4 Å². The Labute approximate surface area is 443 Å². The summed E-state index contributed by atoms with van der Waals surface area (Å²) in [6, 6.07) is 14.4. The number of pyridine rings is 2. The van der Waals surface area contributed by atoms with Crippen molar-refractivity contribution in [2.45, 2.75) is 77.7 Å². The summed E-state index contributed by atoms with van der Waals surface area (Å²) in [5, 5.41) is 15.7. The summed E-state index contributed by atoms with van der Waals surface area (Å²) in [5.74, 6) is 2.61. The molecule has 0 aliphatic heterocycles. The minimum atomic E-state index is -3.96. The van der Waals surface area contributed by atoms with E-state index in [-0.39, 0.29) is 11.9 Å². The van der Waals surface area contributed by atoms with Crippen LogP contribution in [0.15, 0.2) is 98.1 Å². The maximum absolute atomic E-state index is 13.9. The van der Waals surface area contributed by atoms with Gasteiger partial charge in [0.05, 0.1) is 38.9 Å². The molecule has 0 bridgehead atoms. The molecule has 2 aromatic carbocycles. The van der Waals surface area contributed by atoms with Crippen LogP contribution in [0.2, 0.25) is 0 Å². The van der Waals surface area contributed by atoms with Crippen LogP contribution in [0.5, 0.6) is 23.0 Å². The van der Waals surface area contributed by atoms with Crippen molar-refractivity contribution in [3.05, 3.63) is 132 Å². The van der Waals surface area contributed by atoms with Crippen LogP contribution in [0.25, 0.3) is 34.2 Å². The lowest BCUT2D eigenvalue weighted by Gasteiger charge is -2.27. The standard InChI is InChI=1S/2C26H31N7O4S/c2*1-16-11-20(15-27-12-16)25-30-31-26(33(25)23-21(36-6)9-8-10-22(23)37-7)32(5)38(34,35)19(4)18(3)24-28-13-17(2)14-29-24/h2*8-15,18-19H,1-7H3/t2*18-,19-/m00/s1. The number of ether oxygens (including phenoxy) is 4. The van der Waals surface area contributed by atoms with E-state index in [1.165, 1.54) is 42.5 Å². The summed E-state index contributed by atoms with van der Waals surface area (Å²) in [4.78, 5) is 25.9. The van der Waals surface area contributed by atoms with Gasteiger partial charge in [-0.05, 0) is 100 Å². The van der Waals surface area contributed by atoms with Crippen molar-refractivity contribution in [1.82, 2.24) is 59.4 Å². The predicted molar refractivity (Wildman–Crippen MR) is 289 cm³/mol. The Morgan fingerprint density at radius 3 is 1.07 bits per heavy atom. The molecule has 8 rings (SSSR count). The monoisotopic (exact) mass is 1070 g/mol. The van der Waals surface area contributed by atoms with Crippen molar-refractivity contribution in [1.29, 1.82) is 0 Å². The van der Waals surface area contributed by atoms with Gasteiger partial charge < -0.3 is 18.9 Å². The SMILES string of the molecule is COc1cccc(OC)c1-n1c(-c2cncc(C)c2)nnc1N(C)S(=O)(=O)[C@@H](C)[C@H](C)c1ncc(C)cn1.COc1cccc(OC)c1-n1c(-c2cncc(C)c2)nnc1N(C)S(=O)(=O)[C@@H](C)[C@H](C)c1ncc(C)cn1. The van der Waals surface area contributed by atoms with Crippen LogP contribution in [0, 0.1) is 27.7 Å². The highest BCUT2D eigenvalue weighted by atomic mass is 32.2. The maximum atomic E-state index is 13.9. The molecule has 22 nitrogen and oxygen atoms in total. The Balaban J connectivity index is 0.000000221. The molecule has 0 amide bonds. The number of para-hydroxylation sites is 2. The number of methoxy groups -OCH3 is 4. The van der Waals surface area contributed by atoms with Crippen molar-refractivity contribution in [3.63, 3.8) is 0 Å². The molecule has 76 heavy (non-hydrogen) atoms. The molecular formula is C52H62N14O8S2. The molecule has 4 atom stereocenters. The number of aromatic nitrogens is 12. The third-order valence-corrected chi connectivity index (χ3v) is 17.4. The average Bonchev–Trinajstić information content (AvgIpc) is 4.07. The predicted octanol–water partition coefficient (Wildman–Crippen LogP) is 7.42. The molecule has 0 saturated carbocycles. The number of nitrogens with zero attached hydrogens (tertiary/aromatic N) is 14. The van der Waals surface area contributed by atoms with Crippen molar-refractivity contribution >= 4 is 31.9 Å². The summed E-state index contributed by atoms with van der Waals surface area (Å²) >= 11 is 0. The van der Waals surface area contributed by atoms with Crippen LogP contribution in [-0.4, -0.2) is 129 Å². The molecule has 0 spiro atoms. The first kappa shape index (κ1) is 55.6. The van der Waals surface area contributed by atoms with Gasteiger partial charge in [-0.3, -0.25) is 19.1 Å². The van der Waals surface area contributed by atoms with Crippen molar-refractivity contribution in [3.8, 4) is 57.1 Å². The van der Waals surface area contributed by atoms with Gasteiger partial charge in [-0.2, -0.15) is 0 Å². The number of aryl methyl sites for hydroxylation is 4. The zero-order valence-electron chi connectivity index (χ0n) is 44.9. The molecule has 0 aliphatic rings. The van der Waals surface area contributed by atoms with Crippen LogP contribution in [-0.2, 0) is 20.0 Å². The lowest BCUT2D eigenvalue weighted by molar-refractivity contribution is 0.391. The summed E-state index contributed by atoms with van der Waals surface area (Å²) in [6.07, 6.45) is 13.4. The van der Waals surface area contributed by atoms with Gasteiger partial charge in [-0.1, -0.05) is 26.0 Å². The lowest BCUT2D eigenvalue weighted by Crippen LogP contribution is -2.39. The normalized spacial score (nSPS) is 13.1. The number of anilines is 2. The smallest absolute Gasteiger partial charge is 0.245 e. The number of hydrogen-bond acceptors (Lipinski definition) is 18. The summed E-state index contributed by atoms with van der Waals surface area (Å²) in [7, 11) is 1.10. The minimum absolute atomic E-state index is 0.0631. The van der Waals surface area contributed by atoms with Gasteiger partial charge in [0, 0.05) is 86.6 Å². The van der Waals surface area contributed by atoms with Crippen LogP contribution in [0.3, 0.4) is 0 Å². The van der Waals surface area contributed by atoms with Crippen LogP contribution in [0.1, 0.15) is 73.4 Å². The largest absolute Gasteiger partial charge is 0.494 e. The number of rotatable bonds is 18. The van der Waals surface area contributed by atoms with Gasteiger partial charge in [-0.25, -0.2) is 45.4 Å². The Bertz CT molecular complexity index is 3260. The Morgan fingerprint density at radius 2 is 0.776 bits per heavy atom. The van der Waals surface area contributed by atoms with Crippen molar-refractivity contribution < 1.29 is 35.8 Å². The van der Waals surface area contributed by atoms with E-state index in [1.54, 1.807) is 123 Å². The van der Waals surface area contributed by atoms with E-state index in [1.807, 2.05) is 39.8 Å². The molecule has 6 heterocycles. The zero-order valence-corrected chi connectivity index (χ0v) is 46.5. The average molecular weight is 1080 g/mol. The Kier molecular flexibility index (Phi) is 17.0. The zero-order chi connectivity index (χ0) is 55.2. The molecular weight excluding hydrogens is 1010 g/mol. The van der Waals surface area contributed by atoms with Gasteiger partial charge in [0.25, 0.3) is 0 Å². The van der Waals surface area contributed by atoms with E-state index in [0.717, 1.165) is 30.9 Å². The highest BCUT2D eigenvalue weighted by molar-refractivity contribution is 7.93. The Hall–Kier alpha value is -8.12. The van der Waals surface area contributed by atoms with Gasteiger partial charge in [0.15, 0.2) is 11.6 Å². The second-order valence-electron chi connectivity index (χ2n) is 18.1. The lowest BCUT2D eigenvalue weighted by atomic mass is 10.1. The third kappa shape index (κ3) is 11.1. The molecule has 8 aromatic rings. The first-order chi connectivity index (χ1) is 36.2. The molecule has 0 saturated heterocycles. The van der Waals surface area contributed by atoms with Crippen molar-refractivity contribution in [2.75, 3.05) is 51.1 Å². The number of hydrogen-bond donors (Lipinski definition) is 0. The van der Waals surface area contributed by atoms with E-state index < -0.39 is 42.4 Å². The fraction of sp³-hybridized carbons (Fsp3) is 0.346. The maximum Gasteiger partial charge on any atom is 0.245 e. The van der Waals surface area contributed by atoms with Gasteiger partial charge >= 0.3 is 0 Å². The molecule has 0 fully saturated rings. The quantitative estimate of drug-likeness (QED) is 0.0810. The molecule has 24 heteroatoms. The molecule has 0 N–H and O–H groups in total. The van der Waals surface area contributed by atoms with Crippen molar-refractivity contribution in [2.24, 2.45) is 0 Å². The van der Waals surface area contributed by atoms with E-state index in [2.05, 4.69) is 50.3 Å². The third-order valence-electron chi connectivity index (χ3n) is 12.9. The number of sulfonamides is 2. The summed E-state index contributed by atoms with van der Waals surface area (Å²) < 4.78 is 83.7.